The predicted octanol–water partition coefficient (Wildman–Crippen LogP) is 2.48. The SMILES string of the molecule is COc1ccc(OCC(=O)N2CCCC[C@@H]2C)cc1. The first-order valence-corrected chi connectivity index (χ1v) is 6.77. The molecule has 1 atom stereocenters. The molecule has 1 heterocycles. The van der Waals surface area contributed by atoms with Gasteiger partial charge in [-0.05, 0) is 50.5 Å². The molecule has 4 nitrogen and oxygen atoms in total. The Morgan fingerprint density at radius 1 is 1.26 bits per heavy atom. The fourth-order valence-electron chi connectivity index (χ4n) is 2.37. The highest BCUT2D eigenvalue weighted by Crippen LogP contribution is 2.19. The van der Waals surface area contributed by atoms with Crippen LogP contribution >= 0.6 is 0 Å². The van der Waals surface area contributed by atoms with Crippen LogP contribution in [-0.2, 0) is 4.79 Å². The molecule has 0 radical (unpaired) electrons. The van der Waals surface area contributed by atoms with Crippen molar-refractivity contribution < 1.29 is 14.3 Å². The Hall–Kier alpha value is -1.71. The van der Waals surface area contributed by atoms with Crippen LogP contribution in [0.4, 0.5) is 0 Å². The number of carbonyl (C=O) groups excluding carboxylic acids is 1. The lowest BCUT2D eigenvalue weighted by Crippen LogP contribution is -2.44. The number of carbonyl (C=O) groups is 1. The van der Waals surface area contributed by atoms with Gasteiger partial charge in [-0.15, -0.1) is 0 Å². The van der Waals surface area contributed by atoms with E-state index in [0.29, 0.717) is 11.8 Å². The van der Waals surface area contributed by atoms with Gasteiger partial charge in [0, 0.05) is 12.6 Å². The molecule has 0 N–H and O–H groups in total. The molecule has 4 heteroatoms. The van der Waals surface area contributed by atoms with Crippen LogP contribution in [0.15, 0.2) is 24.3 Å². The number of methoxy groups -OCH3 is 1. The predicted molar refractivity (Wildman–Crippen MR) is 73.5 cm³/mol. The molecule has 1 aromatic rings. The lowest BCUT2D eigenvalue weighted by Gasteiger charge is -2.33. The molecule has 104 valence electrons. The largest absolute Gasteiger partial charge is 0.497 e. The van der Waals surface area contributed by atoms with E-state index in [9.17, 15) is 4.79 Å². The van der Waals surface area contributed by atoms with Gasteiger partial charge in [0.15, 0.2) is 6.61 Å². The molecular formula is C15H21NO3. The summed E-state index contributed by atoms with van der Waals surface area (Å²) in [7, 11) is 1.62. The molecular weight excluding hydrogens is 242 g/mol. The van der Waals surface area contributed by atoms with Crippen molar-refractivity contribution >= 4 is 5.91 Å². The maximum Gasteiger partial charge on any atom is 0.260 e. The summed E-state index contributed by atoms with van der Waals surface area (Å²) in [5, 5.41) is 0. The van der Waals surface area contributed by atoms with E-state index in [-0.39, 0.29) is 12.5 Å². The minimum absolute atomic E-state index is 0.0722. The molecule has 0 saturated carbocycles. The van der Waals surface area contributed by atoms with Crippen LogP contribution in [0.1, 0.15) is 26.2 Å². The van der Waals surface area contributed by atoms with Crippen molar-refractivity contribution in [2.75, 3.05) is 20.3 Å². The van der Waals surface area contributed by atoms with Gasteiger partial charge in [-0.2, -0.15) is 0 Å². The number of hydrogen-bond acceptors (Lipinski definition) is 3. The number of ether oxygens (including phenoxy) is 2. The second-order valence-corrected chi connectivity index (χ2v) is 4.90. The van der Waals surface area contributed by atoms with E-state index in [1.54, 1.807) is 7.11 Å². The zero-order valence-electron chi connectivity index (χ0n) is 11.6. The molecule has 1 aliphatic heterocycles. The molecule has 0 aliphatic carbocycles. The van der Waals surface area contributed by atoms with Crippen LogP contribution in [0.25, 0.3) is 0 Å². The smallest absolute Gasteiger partial charge is 0.260 e. The maximum atomic E-state index is 12.1. The number of hydrogen-bond donors (Lipinski definition) is 0. The van der Waals surface area contributed by atoms with Gasteiger partial charge in [0.1, 0.15) is 11.5 Å². The third kappa shape index (κ3) is 3.63. The lowest BCUT2D eigenvalue weighted by molar-refractivity contribution is -0.136. The van der Waals surface area contributed by atoms with Crippen molar-refractivity contribution in [3.8, 4) is 11.5 Å². The Bertz CT molecular complexity index is 416. The summed E-state index contributed by atoms with van der Waals surface area (Å²) in [4.78, 5) is 14.0. The van der Waals surface area contributed by atoms with E-state index in [1.807, 2.05) is 29.2 Å². The number of piperidine rings is 1. The van der Waals surface area contributed by atoms with Crippen LogP contribution in [-0.4, -0.2) is 37.1 Å². The molecule has 1 aromatic carbocycles. The molecule has 2 rings (SSSR count). The number of likely N-dealkylation sites (tertiary alicyclic amines) is 1. The Balaban J connectivity index is 1.85. The fraction of sp³-hybridized carbons (Fsp3) is 0.533. The molecule has 0 spiro atoms. The Kier molecular flexibility index (Phi) is 4.66. The second kappa shape index (κ2) is 6.45. The van der Waals surface area contributed by atoms with E-state index in [2.05, 4.69) is 6.92 Å². The van der Waals surface area contributed by atoms with Crippen molar-refractivity contribution in [3.05, 3.63) is 24.3 Å². The Labute approximate surface area is 114 Å². The summed E-state index contributed by atoms with van der Waals surface area (Å²) in [5.74, 6) is 1.55. The summed E-state index contributed by atoms with van der Waals surface area (Å²) in [6, 6.07) is 7.60. The highest BCUT2D eigenvalue weighted by atomic mass is 16.5. The molecule has 0 bridgehead atoms. The molecule has 1 fully saturated rings. The van der Waals surface area contributed by atoms with Crippen LogP contribution in [0.5, 0.6) is 11.5 Å². The highest BCUT2D eigenvalue weighted by molar-refractivity contribution is 5.78. The van der Waals surface area contributed by atoms with Crippen molar-refractivity contribution in [1.82, 2.24) is 4.90 Å². The second-order valence-electron chi connectivity index (χ2n) is 4.90. The van der Waals surface area contributed by atoms with Crippen molar-refractivity contribution in [3.63, 3.8) is 0 Å². The van der Waals surface area contributed by atoms with Crippen LogP contribution < -0.4 is 9.47 Å². The first kappa shape index (κ1) is 13.7. The Morgan fingerprint density at radius 2 is 1.95 bits per heavy atom. The van der Waals surface area contributed by atoms with Crippen LogP contribution in [0, 0.1) is 0 Å². The molecule has 0 unspecified atom stereocenters. The molecule has 1 aliphatic rings. The molecule has 1 amide bonds. The quantitative estimate of drug-likeness (QED) is 0.837. The fourth-order valence-corrected chi connectivity index (χ4v) is 2.37. The van der Waals surface area contributed by atoms with Crippen molar-refractivity contribution in [1.29, 1.82) is 0 Å². The third-order valence-corrected chi connectivity index (χ3v) is 3.55. The minimum atomic E-state index is 0.0722. The van der Waals surface area contributed by atoms with Gasteiger partial charge in [-0.3, -0.25) is 4.79 Å². The van der Waals surface area contributed by atoms with Gasteiger partial charge >= 0.3 is 0 Å². The first-order valence-electron chi connectivity index (χ1n) is 6.77. The first-order chi connectivity index (χ1) is 9.20. The van der Waals surface area contributed by atoms with Crippen molar-refractivity contribution in [2.45, 2.75) is 32.2 Å². The molecule has 1 saturated heterocycles. The third-order valence-electron chi connectivity index (χ3n) is 3.55. The number of amides is 1. The maximum absolute atomic E-state index is 12.1. The highest BCUT2D eigenvalue weighted by Gasteiger charge is 2.23. The Morgan fingerprint density at radius 3 is 2.58 bits per heavy atom. The van der Waals surface area contributed by atoms with E-state index in [1.165, 1.54) is 6.42 Å². The van der Waals surface area contributed by atoms with Crippen molar-refractivity contribution in [2.24, 2.45) is 0 Å². The van der Waals surface area contributed by atoms with Gasteiger partial charge in [0.05, 0.1) is 7.11 Å². The standard InChI is InChI=1S/C15H21NO3/c1-12-5-3-4-10-16(12)15(17)11-19-14-8-6-13(18-2)7-9-14/h6-9,12H,3-5,10-11H2,1-2H3/t12-/m0/s1. The minimum Gasteiger partial charge on any atom is -0.497 e. The number of benzene rings is 1. The van der Waals surface area contributed by atoms with Crippen LogP contribution in [0.3, 0.4) is 0 Å². The van der Waals surface area contributed by atoms with E-state index >= 15 is 0 Å². The summed E-state index contributed by atoms with van der Waals surface area (Å²) in [5.41, 5.74) is 0. The average Bonchev–Trinajstić information content (AvgIpc) is 2.46. The number of nitrogens with zero attached hydrogens (tertiary/aromatic N) is 1. The van der Waals surface area contributed by atoms with E-state index in [0.717, 1.165) is 25.1 Å². The van der Waals surface area contributed by atoms with Gasteiger partial charge in [-0.1, -0.05) is 0 Å². The molecule has 0 aromatic heterocycles. The topological polar surface area (TPSA) is 38.8 Å². The van der Waals surface area contributed by atoms with Gasteiger partial charge in [0.2, 0.25) is 0 Å². The molecule has 19 heavy (non-hydrogen) atoms. The zero-order valence-corrected chi connectivity index (χ0v) is 11.6. The summed E-state index contributed by atoms with van der Waals surface area (Å²) in [6.07, 6.45) is 3.40. The summed E-state index contributed by atoms with van der Waals surface area (Å²) in [6.45, 7) is 3.06. The van der Waals surface area contributed by atoms with Gasteiger partial charge < -0.3 is 14.4 Å². The number of rotatable bonds is 4. The van der Waals surface area contributed by atoms with Gasteiger partial charge in [-0.25, -0.2) is 0 Å². The normalized spacial score (nSPS) is 19.1. The average molecular weight is 263 g/mol. The van der Waals surface area contributed by atoms with E-state index < -0.39 is 0 Å². The summed E-state index contributed by atoms with van der Waals surface area (Å²) >= 11 is 0. The van der Waals surface area contributed by atoms with Crippen LogP contribution in [0.2, 0.25) is 0 Å². The van der Waals surface area contributed by atoms with Gasteiger partial charge in [0.25, 0.3) is 5.91 Å². The lowest BCUT2D eigenvalue weighted by atomic mass is 10.0. The zero-order chi connectivity index (χ0) is 13.7. The monoisotopic (exact) mass is 263 g/mol. The van der Waals surface area contributed by atoms with E-state index in [4.69, 9.17) is 9.47 Å². The summed E-state index contributed by atoms with van der Waals surface area (Å²) < 4.78 is 10.6.